The Bertz CT molecular complexity index is 1040. The maximum Gasteiger partial charge on any atom is 0.261 e. The second-order valence-corrected chi connectivity index (χ2v) is 6.53. The van der Waals surface area contributed by atoms with E-state index in [0.717, 1.165) is 12.0 Å². The summed E-state index contributed by atoms with van der Waals surface area (Å²) in [7, 11) is 1.57. The minimum absolute atomic E-state index is 0.0237. The molecule has 1 heterocycles. The predicted octanol–water partition coefficient (Wildman–Crippen LogP) is 2.88. The largest absolute Gasteiger partial charge is 0.493 e. The number of rotatable bonds is 8. The first-order valence-electron chi connectivity index (χ1n) is 9.08. The number of ether oxygens (including phenoxy) is 2. The lowest BCUT2D eigenvalue weighted by Crippen LogP contribution is -2.32. The second-order valence-electron chi connectivity index (χ2n) is 6.53. The summed E-state index contributed by atoms with van der Waals surface area (Å²) in [4.78, 5) is 17.1. The molecule has 146 valence electrons. The van der Waals surface area contributed by atoms with Crippen molar-refractivity contribution >= 4 is 10.9 Å². The Labute approximate surface area is 163 Å². The topological polar surface area (TPSA) is 73.6 Å². The zero-order valence-corrected chi connectivity index (χ0v) is 16.1. The molecule has 0 spiro atoms. The molecule has 0 aliphatic heterocycles. The number of nitrogens with zero attached hydrogens (tertiary/aromatic N) is 2. The number of fused-ring (bicyclic) bond motifs is 1. The minimum atomic E-state index is -0.878. The number of methoxy groups -OCH3 is 1. The van der Waals surface area contributed by atoms with Gasteiger partial charge in [-0.05, 0) is 43.2 Å². The van der Waals surface area contributed by atoms with Crippen molar-refractivity contribution in [2.45, 2.75) is 26.0 Å². The highest BCUT2D eigenvalue weighted by Crippen LogP contribution is 2.28. The lowest BCUT2D eigenvalue weighted by Gasteiger charge is -2.17. The van der Waals surface area contributed by atoms with E-state index in [1.807, 2.05) is 24.3 Å². The molecule has 3 aromatic rings. The summed E-state index contributed by atoms with van der Waals surface area (Å²) in [6.45, 7) is 5.60. The third kappa shape index (κ3) is 4.23. The molecule has 6 heteroatoms. The Morgan fingerprint density at radius 3 is 2.79 bits per heavy atom. The summed E-state index contributed by atoms with van der Waals surface area (Å²) in [5.41, 5.74) is 1.54. The van der Waals surface area contributed by atoms with E-state index >= 15 is 0 Å². The van der Waals surface area contributed by atoms with E-state index in [1.165, 1.54) is 4.57 Å². The summed E-state index contributed by atoms with van der Waals surface area (Å²) in [6, 6.07) is 12.8. The Kier molecular flexibility index (Phi) is 6.11. The molecule has 0 amide bonds. The third-order valence-electron chi connectivity index (χ3n) is 4.49. The molecule has 6 nitrogen and oxygen atoms in total. The Hall–Kier alpha value is -3.12. The van der Waals surface area contributed by atoms with Crippen molar-refractivity contribution in [3.8, 4) is 11.5 Å². The average Bonchev–Trinajstić information content (AvgIpc) is 2.70. The molecule has 2 aromatic carbocycles. The van der Waals surface area contributed by atoms with Crippen LogP contribution in [-0.2, 0) is 13.0 Å². The number of hydrogen-bond donors (Lipinski definition) is 1. The van der Waals surface area contributed by atoms with Gasteiger partial charge in [0.05, 0.1) is 24.6 Å². The van der Waals surface area contributed by atoms with Crippen LogP contribution in [0.3, 0.4) is 0 Å². The van der Waals surface area contributed by atoms with Crippen LogP contribution in [0.1, 0.15) is 11.4 Å². The zero-order valence-electron chi connectivity index (χ0n) is 16.1. The number of aliphatic hydroxyl groups is 1. The van der Waals surface area contributed by atoms with Gasteiger partial charge < -0.3 is 14.6 Å². The first-order valence-corrected chi connectivity index (χ1v) is 9.08. The van der Waals surface area contributed by atoms with Gasteiger partial charge in [-0.15, -0.1) is 6.58 Å². The number of para-hydroxylation sites is 1. The molecule has 0 saturated heterocycles. The zero-order chi connectivity index (χ0) is 20.1. The van der Waals surface area contributed by atoms with Crippen LogP contribution in [0.4, 0.5) is 0 Å². The highest BCUT2D eigenvalue weighted by Gasteiger charge is 2.14. The number of benzene rings is 2. The molecule has 0 aliphatic carbocycles. The molecule has 0 radical (unpaired) electrons. The van der Waals surface area contributed by atoms with Crippen LogP contribution in [0.5, 0.6) is 11.5 Å². The van der Waals surface area contributed by atoms with Gasteiger partial charge in [0.1, 0.15) is 18.5 Å². The fraction of sp³-hybridized carbons (Fsp3) is 0.273. The smallest absolute Gasteiger partial charge is 0.261 e. The highest BCUT2D eigenvalue weighted by molar-refractivity contribution is 5.77. The molecular formula is C22H24N2O4. The minimum Gasteiger partial charge on any atom is -0.493 e. The van der Waals surface area contributed by atoms with E-state index in [1.54, 1.807) is 38.3 Å². The van der Waals surface area contributed by atoms with Gasteiger partial charge in [-0.1, -0.05) is 24.3 Å². The Morgan fingerprint density at radius 2 is 2.04 bits per heavy atom. The summed E-state index contributed by atoms with van der Waals surface area (Å²) in [5.74, 6) is 1.68. The van der Waals surface area contributed by atoms with Crippen LogP contribution >= 0.6 is 0 Å². The quantitative estimate of drug-likeness (QED) is 0.609. The van der Waals surface area contributed by atoms with Crippen LogP contribution in [0.25, 0.3) is 10.9 Å². The summed E-state index contributed by atoms with van der Waals surface area (Å²) in [5, 5.41) is 10.9. The molecule has 1 N–H and O–H groups in total. The van der Waals surface area contributed by atoms with Gasteiger partial charge in [0.15, 0.2) is 11.5 Å². The molecule has 1 aromatic heterocycles. The number of aromatic nitrogens is 2. The summed E-state index contributed by atoms with van der Waals surface area (Å²) >= 11 is 0. The van der Waals surface area contributed by atoms with Crippen molar-refractivity contribution in [1.29, 1.82) is 0 Å². The van der Waals surface area contributed by atoms with Crippen molar-refractivity contribution in [2.24, 2.45) is 0 Å². The fourth-order valence-electron chi connectivity index (χ4n) is 3.07. The number of allylic oxidation sites excluding steroid dienone is 1. The summed E-state index contributed by atoms with van der Waals surface area (Å²) < 4.78 is 12.6. The van der Waals surface area contributed by atoms with Crippen molar-refractivity contribution in [3.05, 3.63) is 76.9 Å². The van der Waals surface area contributed by atoms with Crippen molar-refractivity contribution in [2.75, 3.05) is 13.7 Å². The molecule has 1 unspecified atom stereocenters. The van der Waals surface area contributed by atoms with E-state index in [4.69, 9.17) is 9.47 Å². The molecule has 3 rings (SSSR count). The van der Waals surface area contributed by atoms with Gasteiger partial charge in [0.2, 0.25) is 0 Å². The van der Waals surface area contributed by atoms with Crippen molar-refractivity contribution < 1.29 is 14.6 Å². The average molecular weight is 380 g/mol. The molecule has 28 heavy (non-hydrogen) atoms. The van der Waals surface area contributed by atoms with Crippen LogP contribution in [0.15, 0.2) is 59.9 Å². The van der Waals surface area contributed by atoms with E-state index in [0.29, 0.717) is 28.2 Å². The monoisotopic (exact) mass is 380 g/mol. The second kappa shape index (κ2) is 8.71. The number of aliphatic hydroxyl groups excluding tert-OH is 1. The molecule has 0 fully saturated rings. The molecular weight excluding hydrogens is 356 g/mol. The van der Waals surface area contributed by atoms with Crippen molar-refractivity contribution in [1.82, 2.24) is 9.55 Å². The van der Waals surface area contributed by atoms with Gasteiger partial charge >= 0.3 is 0 Å². The number of hydrogen-bond acceptors (Lipinski definition) is 5. The first-order chi connectivity index (χ1) is 13.5. The van der Waals surface area contributed by atoms with Gasteiger partial charge in [0.25, 0.3) is 5.56 Å². The molecule has 0 aliphatic rings. The maximum absolute atomic E-state index is 12.7. The van der Waals surface area contributed by atoms with Gasteiger partial charge in [-0.25, -0.2) is 4.98 Å². The lowest BCUT2D eigenvalue weighted by molar-refractivity contribution is 0.0894. The van der Waals surface area contributed by atoms with Crippen LogP contribution < -0.4 is 15.0 Å². The fourth-order valence-corrected chi connectivity index (χ4v) is 3.07. The van der Waals surface area contributed by atoms with Crippen LogP contribution in [0, 0.1) is 6.92 Å². The SMILES string of the molecule is C=CCc1ccc(OCC(O)Cn2c(C)nc3ccccc3c2=O)c(OC)c1. The van der Waals surface area contributed by atoms with E-state index in [-0.39, 0.29) is 18.7 Å². The van der Waals surface area contributed by atoms with Crippen LogP contribution in [-0.4, -0.2) is 34.5 Å². The Morgan fingerprint density at radius 1 is 1.25 bits per heavy atom. The van der Waals surface area contributed by atoms with E-state index in [2.05, 4.69) is 11.6 Å². The van der Waals surface area contributed by atoms with E-state index < -0.39 is 6.10 Å². The van der Waals surface area contributed by atoms with Crippen LogP contribution in [0.2, 0.25) is 0 Å². The normalized spacial score (nSPS) is 12.0. The Balaban J connectivity index is 1.73. The van der Waals surface area contributed by atoms with E-state index in [9.17, 15) is 9.90 Å². The highest BCUT2D eigenvalue weighted by atomic mass is 16.5. The standard InChI is InChI=1S/C22H24N2O4/c1-4-7-16-10-11-20(21(12-16)27-3)28-14-17(25)13-24-15(2)23-19-9-6-5-8-18(19)22(24)26/h4-6,8-12,17,25H,1,7,13-14H2,2-3H3. The third-order valence-corrected chi connectivity index (χ3v) is 4.49. The predicted molar refractivity (Wildman–Crippen MR) is 109 cm³/mol. The van der Waals surface area contributed by atoms with Crippen molar-refractivity contribution in [3.63, 3.8) is 0 Å². The molecule has 1 atom stereocenters. The molecule has 0 bridgehead atoms. The maximum atomic E-state index is 12.7. The van der Waals surface area contributed by atoms with Gasteiger partial charge in [-0.3, -0.25) is 9.36 Å². The first kappa shape index (κ1) is 19.6. The lowest BCUT2D eigenvalue weighted by atomic mass is 10.1. The number of aryl methyl sites for hydroxylation is 1. The van der Waals surface area contributed by atoms with Gasteiger partial charge in [-0.2, -0.15) is 0 Å². The molecule has 0 saturated carbocycles. The van der Waals surface area contributed by atoms with Gasteiger partial charge in [0, 0.05) is 0 Å². The summed E-state index contributed by atoms with van der Waals surface area (Å²) in [6.07, 6.45) is 1.67.